The van der Waals surface area contributed by atoms with E-state index >= 15 is 0 Å². The molecule has 0 aliphatic rings. The Hall–Kier alpha value is -2.81. The van der Waals surface area contributed by atoms with Crippen molar-refractivity contribution in [1.29, 1.82) is 0 Å². The van der Waals surface area contributed by atoms with Crippen LogP contribution in [-0.2, 0) is 9.59 Å². The van der Waals surface area contributed by atoms with Gasteiger partial charge in [0.25, 0.3) is 0 Å². The van der Waals surface area contributed by atoms with Gasteiger partial charge in [-0.05, 0) is 35.0 Å². The topological polar surface area (TPSA) is 52.6 Å². The van der Waals surface area contributed by atoms with Crippen LogP contribution in [0.25, 0.3) is 10.8 Å². The largest absolute Gasteiger partial charge is 0.425 e. The number of benzene rings is 2. The summed E-state index contributed by atoms with van der Waals surface area (Å²) in [6, 6.07) is 7.32. The van der Waals surface area contributed by atoms with Crippen LogP contribution in [-0.4, -0.2) is 28.1 Å². The number of hydrogen-bond donors (Lipinski definition) is 0. The summed E-state index contributed by atoms with van der Waals surface area (Å²) in [6.07, 6.45) is 0. The fraction of sp³-hybridized carbons (Fsp3) is 0.333. The van der Waals surface area contributed by atoms with Gasteiger partial charge in [0.1, 0.15) is 27.6 Å². The Balaban J connectivity index is 2.76. The lowest BCUT2D eigenvalue weighted by Crippen LogP contribution is -2.16. The maximum absolute atomic E-state index is 11.6. The third-order valence-corrected chi connectivity index (χ3v) is 5.44. The average Bonchev–Trinajstić information content (AvgIpc) is 2.56. The molecule has 0 atom stereocenters. The van der Waals surface area contributed by atoms with Crippen molar-refractivity contribution >= 4 is 38.9 Å². The maximum atomic E-state index is 11.6. The van der Waals surface area contributed by atoms with Gasteiger partial charge in [0, 0.05) is 13.8 Å². The van der Waals surface area contributed by atoms with Gasteiger partial charge in [-0.1, -0.05) is 51.1 Å². The summed E-state index contributed by atoms with van der Waals surface area (Å²) in [6.45, 7) is 15.6. The van der Waals surface area contributed by atoms with E-state index in [2.05, 4.69) is 62.2 Å². The molecule has 2 aromatic carbocycles. The molecule has 4 nitrogen and oxygen atoms in total. The molecule has 0 bridgehead atoms. The first-order valence-electron chi connectivity index (χ1n) is 9.78. The zero-order valence-electron chi connectivity index (χ0n) is 18.9. The summed E-state index contributed by atoms with van der Waals surface area (Å²) in [4.78, 5) is 23.2. The molecule has 0 aliphatic carbocycles. The van der Waals surface area contributed by atoms with Crippen LogP contribution in [0.3, 0.4) is 0 Å². The summed E-state index contributed by atoms with van der Waals surface area (Å²) in [5.41, 5.74) is 7.88. The van der Waals surface area contributed by atoms with Crippen molar-refractivity contribution in [3.8, 4) is 34.4 Å². The fourth-order valence-corrected chi connectivity index (χ4v) is 3.51. The summed E-state index contributed by atoms with van der Waals surface area (Å²) < 4.78 is 10.9. The van der Waals surface area contributed by atoms with Crippen LogP contribution >= 0.6 is 0 Å². The van der Waals surface area contributed by atoms with E-state index in [1.807, 2.05) is 12.1 Å². The molecule has 0 N–H and O–H groups in total. The molecule has 0 fully saturated rings. The maximum Gasteiger partial charge on any atom is 0.308 e. The van der Waals surface area contributed by atoms with E-state index in [0.29, 0.717) is 22.6 Å². The molecule has 0 aliphatic heterocycles. The second kappa shape index (κ2) is 8.91. The highest BCUT2D eigenvalue weighted by Crippen LogP contribution is 2.31. The van der Waals surface area contributed by atoms with Crippen LogP contribution in [0.4, 0.5) is 0 Å². The number of hydrogen-bond acceptors (Lipinski definition) is 4. The normalized spacial score (nSPS) is 11.1. The Morgan fingerprint density at radius 1 is 0.667 bits per heavy atom. The predicted molar refractivity (Wildman–Crippen MR) is 127 cm³/mol. The minimum absolute atomic E-state index is 0.402. The molecular weight excluding hydrogens is 408 g/mol. The van der Waals surface area contributed by atoms with Gasteiger partial charge in [-0.3, -0.25) is 9.59 Å². The number of carbonyl (C=O) groups excluding carboxylic acids is 2. The molecule has 156 valence electrons. The fourth-order valence-electron chi connectivity index (χ4n) is 2.49. The lowest BCUT2D eigenvalue weighted by atomic mass is 10.0. The van der Waals surface area contributed by atoms with Crippen molar-refractivity contribution in [2.24, 2.45) is 0 Å². The Morgan fingerprint density at radius 3 is 1.27 bits per heavy atom. The zero-order valence-corrected chi connectivity index (χ0v) is 20.9. The average molecular weight is 437 g/mol. The highest BCUT2D eigenvalue weighted by molar-refractivity contribution is 6.84. The Labute approximate surface area is 181 Å². The summed E-state index contributed by atoms with van der Waals surface area (Å²) >= 11 is 0. The molecular formula is C24H28O4Si2. The predicted octanol–water partition coefficient (Wildman–Crippen LogP) is 5.15. The third-order valence-electron chi connectivity index (χ3n) is 3.69. The second-order valence-corrected chi connectivity index (χ2v) is 18.7. The summed E-state index contributed by atoms with van der Waals surface area (Å²) in [7, 11) is -3.25. The highest BCUT2D eigenvalue weighted by atomic mass is 28.3. The molecule has 30 heavy (non-hydrogen) atoms. The van der Waals surface area contributed by atoms with Gasteiger partial charge in [-0.25, -0.2) is 0 Å². The van der Waals surface area contributed by atoms with Gasteiger partial charge < -0.3 is 9.47 Å². The minimum atomic E-state index is -1.63. The Kier molecular flexibility index (Phi) is 6.97. The Morgan fingerprint density at radius 2 is 1.00 bits per heavy atom. The SMILES string of the molecule is CC(=O)Oc1cc2cc(C#C[Si](C)(C)C)c(OC(C)=O)cc2cc1C#C[Si](C)(C)C. The van der Waals surface area contributed by atoms with Crippen molar-refractivity contribution in [3.05, 3.63) is 35.4 Å². The van der Waals surface area contributed by atoms with E-state index in [1.54, 1.807) is 12.1 Å². The first-order valence-corrected chi connectivity index (χ1v) is 16.8. The van der Waals surface area contributed by atoms with Crippen LogP contribution in [0.1, 0.15) is 25.0 Å². The van der Waals surface area contributed by atoms with Crippen molar-refractivity contribution in [2.45, 2.75) is 53.1 Å². The van der Waals surface area contributed by atoms with Crippen molar-refractivity contribution in [1.82, 2.24) is 0 Å². The number of fused-ring (bicyclic) bond motifs is 1. The van der Waals surface area contributed by atoms with Crippen LogP contribution in [0, 0.1) is 22.9 Å². The first kappa shape index (κ1) is 23.5. The van der Waals surface area contributed by atoms with Crippen molar-refractivity contribution in [3.63, 3.8) is 0 Å². The van der Waals surface area contributed by atoms with E-state index < -0.39 is 28.1 Å². The van der Waals surface area contributed by atoms with Gasteiger partial charge in [-0.2, -0.15) is 0 Å². The third kappa shape index (κ3) is 7.22. The van der Waals surface area contributed by atoms with Crippen molar-refractivity contribution in [2.75, 3.05) is 0 Å². The van der Waals surface area contributed by atoms with Crippen LogP contribution in [0.15, 0.2) is 24.3 Å². The lowest BCUT2D eigenvalue weighted by molar-refractivity contribution is -0.132. The van der Waals surface area contributed by atoms with Gasteiger partial charge in [-0.15, -0.1) is 11.1 Å². The van der Waals surface area contributed by atoms with Crippen LogP contribution < -0.4 is 9.47 Å². The van der Waals surface area contributed by atoms with Gasteiger partial charge in [0.2, 0.25) is 0 Å². The molecule has 0 spiro atoms. The monoisotopic (exact) mass is 436 g/mol. The molecule has 0 aromatic heterocycles. The van der Waals surface area contributed by atoms with E-state index in [1.165, 1.54) is 13.8 Å². The molecule has 0 saturated carbocycles. The standard InChI is InChI=1S/C24H28O4Si2/c1-17(25)27-23-15-21-14-20(10-12-30(6,7)8)24(28-18(2)26)16-22(21)13-19(23)9-11-29(3,4)5/h13-16H,1-8H3. The molecule has 0 heterocycles. The van der Waals surface area contributed by atoms with E-state index in [4.69, 9.17) is 9.47 Å². The molecule has 0 saturated heterocycles. The van der Waals surface area contributed by atoms with Crippen molar-refractivity contribution < 1.29 is 19.1 Å². The summed E-state index contributed by atoms with van der Waals surface area (Å²) in [5.74, 6) is 6.39. The van der Waals surface area contributed by atoms with Gasteiger partial charge >= 0.3 is 11.9 Å². The number of esters is 2. The van der Waals surface area contributed by atoms with Crippen LogP contribution in [0.5, 0.6) is 11.5 Å². The second-order valence-electron chi connectivity index (χ2n) is 9.23. The molecule has 0 amide bonds. The van der Waals surface area contributed by atoms with Crippen LogP contribution in [0.2, 0.25) is 39.3 Å². The van der Waals surface area contributed by atoms with Gasteiger partial charge in [0.05, 0.1) is 11.1 Å². The highest BCUT2D eigenvalue weighted by Gasteiger charge is 2.14. The van der Waals surface area contributed by atoms with E-state index in [-0.39, 0.29) is 0 Å². The van der Waals surface area contributed by atoms with E-state index in [9.17, 15) is 9.59 Å². The Bertz CT molecular complexity index is 1040. The lowest BCUT2D eigenvalue weighted by Gasteiger charge is -2.11. The molecule has 0 unspecified atom stereocenters. The zero-order chi connectivity index (χ0) is 22.7. The summed E-state index contributed by atoms with van der Waals surface area (Å²) in [5, 5.41) is 1.67. The number of carbonyl (C=O) groups is 2. The molecule has 6 heteroatoms. The smallest absolute Gasteiger partial charge is 0.308 e. The molecule has 0 radical (unpaired) electrons. The molecule has 2 rings (SSSR count). The minimum Gasteiger partial charge on any atom is -0.425 e. The molecule has 2 aromatic rings. The quantitative estimate of drug-likeness (QED) is 0.283. The van der Waals surface area contributed by atoms with E-state index in [0.717, 1.165) is 10.8 Å². The number of rotatable bonds is 2. The number of ether oxygens (including phenoxy) is 2. The van der Waals surface area contributed by atoms with Gasteiger partial charge in [0.15, 0.2) is 0 Å². The first-order chi connectivity index (χ1) is 13.7.